The molecule has 3 aliphatic rings. The minimum Gasteiger partial charge on any atom is -0.324 e. The minimum atomic E-state index is -0.519. The summed E-state index contributed by atoms with van der Waals surface area (Å²) in [6.07, 6.45) is 14.1. The number of carbonyl (C=O) groups excluding carboxylic acids is 1. The molecular weight excluding hydrogens is 420 g/mol. The first kappa shape index (κ1) is 19.9. The van der Waals surface area contributed by atoms with E-state index in [9.17, 15) is 4.79 Å². The Balaban J connectivity index is 1.35. The molecule has 0 atom stereocenters. The number of hydrogen-bond acceptors (Lipinski definition) is 6. The number of rotatable bonds is 3. The Kier molecular flexibility index (Phi) is 4.28. The fourth-order valence-corrected chi connectivity index (χ4v) is 7.15. The van der Waals surface area contributed by atoms with Crippen LogP contribution in [0.3, 0.4) is 0 Å². The summed E-state index contributed by atoms with van der Waals surface area (Å²) in [5.74, 6) is 4.03. The van der Waals surface area contributed by atoms with E-state index in [1.807, 2.05) is 30.2 Å². The van der Waals surface area contributed by atoms with Crippen molar-refractivity contribution in [3.63, 3.8) is 0 Å². The fourth-order valence-electron chi connectivity index (χ4n) is 5.13. The van der Waals surface area contributed by atoms with E-state index in [-0.39, 0.29) is 17.4 Å². The van der Waals surface area contributed by atoms with Gasteiger partial charge in [0.25, 0.3) is 0 Å². The molecule has 2 fully saturated rings. The van der Waals surface area contributed by atoms with Crippen LogP contribution >= 0.6 is 10.0 Å². The molecular formula is C24H28N6OS. The molecule has 1 aromatic carbocycles. The van der Waals surface area contributed by atoms with Gasteiger partial charge < -0.3 is 5.32 Å². The normalized spacial score (nSPS) is 22.2. The summed E-state index contributed by atoms with van der Waals surface area (Å²) in [6, 6.07) is 4.24. The maximum absolute atomic E-state index is 13.5. The lowest BCUT2D eigenvalue weighted by atomic mass is 10.0. The van der Waals surface area contributed by atoms with Crippen LogP contribution in [0.1, 0.15) is 36.8 Å². The van der Waals surface area contributed by atoms with Gasteiger partial charge in [-0.3, -0.25) is 19.7 Å². The van der Waals surface area contributed by atoms with E-state index in [2.05, 4.69) is 32.8 Å². The maximum atomic E-state index is 13.5. The summed E-state index contributed by atoms with van der Waals surface area (Å²) in [6.45, 7) is 2.03. The average molecular weight is 449 g/mol. The molecule has 6 rings (SSSR count). The quantitative estimate of drug-likeness (QED) is 0.650. The molecule has 7 nitrogen and oxygen atoms in total. The predicted octanol–water partition coefficient (Wildman–Crippen LogP) is 4.08. The molecule has 2 aliphatic heterocycles. The van der Waals surface area contributed by atoms with Gasteiger partial charge in [0.05, 0.1) is 16.4 Å². The van der Waals surface area contributed by atoms with Crippen LogP contribution in [0, 0.1) is 6.92 Å². The Morgan fingerprint density at radius 1 is 1.06 bits per heavy atom. The number of anilines is 3. The molecule has 32 heavy (non-hydrogen) atoms. The Bertz CT molecular complexity index is 1240. The Hall–Kier alpha value is -2.74. The molecule has 1 N–H and O–H groups in total. The van der Waals surface area contributed by atoms with Crippen LogP contribution in [-0.2, 0) is 10.2 Å². The lowest BCUT2D eigenvalue weighted by molar-refractivity contribution is -0.120. The number of aromatic nitrogens is 4. The van der Waals surface area contributed by atoms with Crippen molar-refractivity contribution in [2.45, 2.75) is 44.1 Å². The monoisotopic (exact) mass is 448 g/mol. The van der Waals surface area contributed by atoms with E-state index in [1.165, 1.54) is 11.5 Å². The number of carbonyl (C=O) groups is 1. The van der Waals surface area contributed by atoms with Crippen LogP contribution in [0.2, 0.25) is 0 Å². The highest BCUT2D eigenvalue weighted by atomic mass is 32.3. The first-order valence-electron chi connectivity index (χ1n) is 11.2. The second-order valence-corrected chi connectivity index (χ2v) is 14.3. The molecule has 0 unspecified atom stereocenters. The zero-order valence-electron chi connectivity index (χ0n) is 18.8. The van der Waals surface area contributed by atoms with Gasteiger partial charge in [-0.25, -0.2) is 15.0 Å². The summed E-state index contributed by atoms with van der Waals surface area (Å²) in [5, 5.41) is 3.37. The molecule has 1 saturated heterocycles. The van der Waals surface area contributed by atoms with Gasteiger partial charge in [-0.2, -0.15) is 4.98 Å². The van der Waals surface area contributed by atoms with Crippen molar-refractivity contribution >= 4 is 44.4 Å². The lowest BCUT2D eigenvalue weighted by Crippen LogP contribution is -2.44. The first-order chi connectivity index (χ1) is 15.4. The lowest BCUT2D eigenvalue weighted by Gasteiger charge is -2.42. The number of hydrogen-bond donors (Lipinski definition) is 1. The number of amides is 1. The van der Waals surface area contributed by atoms with Gasteiger partial charge in [0.2, 0.25) is 11.9 Å². The standard InChI is InChI=1S/C24H28N6OS/c1-15-12-19-20(26-9-8-25-19)13-18(15)28-23-27-14-17-21(29-23)30(22(31)24(17)6-7-24)16-4-10-32(2,3)11-5-16/h8-9,12-14,16H,4-7,10-11H2,1-3H3,(H,27,28,29). The SMILES string of the molecule is Cc1cc2nccnc2cc1Nc1ncc2c(n1)N(C1CCS(C)(C)CC1)C(=O)C21CC1. The summed E-state index contributed by atoms with van der Waals surface area (Å²) < 4.78 is 0. The van der Waals surface area contributed by atoms with E-state index in [4.69, 9.17) is 4.98 Å². The summed E-state index contributed by atoms with van der Waals surface area (Å²) in [5.41, 5.74) is 4.29. The number of fused-ring (bicyclic) bond motifs is 3. The second kappa shape index (κ2) is 6.88. The molecule has 0 radical (unpaired) electrons. The number of aryl methyl sites for hydroxylation is 1. The largest absolute Gasteiger partial charge is 0.324 e. The second-order valence-electron chi connectivity index (χ2n) is 9.93. The highest BCUT2D eigenvalue weighted by Crippen LogP contribution is 2.58. The average Bonchev–Trinajstić information content (AvgIpc) is 3.53. The minimum absolute atomic E-state index is 0.246. The molecule has 8 heteroatoms. The maximum Gasteiger partial charge on any atom is 0.239 e. The van der Waals surface area contributed by atoms with Gasteiger partial charge in [-0.15, -0.1) is 0 Å². The number of nitrogens with one attached hydrogen (secondary N) is 1. The van der Waals surface area contributed by atoms with Crippen LogP contribution < -0.4 is 10.2 Å². The molecule has 1 saturated carbocycles. The highest BCUT2D eigenvalue weighted by molar-refractivity contribution is 8.32. The van der Waals surface area contributed by atoms with E-state index in [0.29, 0.717) is 5.95 Å². The van der Waals surface area contributed by atoms with Gasteiger partial charge in [0.15, 0.2) is 0 Å². The molecule has 3 aromatic rings. The van der Waals surface area contributed by atoms with Crippen molar-refractivity contribution in [3.8, 4) is 0 Å². The zero-order chi connectivity index (χ0) is 22.1. The summed E-state index contributed by atoms with van der Waals surface area (Å²) >= 11 is 0. The Morgan fingerprint density at radius 2 is 1.75 bits per heavy atom. The van der Waals surface area contributed by atoms with Gasteiger partial charge in [-0.1, -0.05) is 0 Å². The summed E-state index contributed by atoms with van der Waals surface area (Å²) in [7, 11) is -0.519. The predicted molar refractivity (Wildman–Crippen MR) is 130 cm³/mol. The van der Waals surface area contributed by atoms with Crippen LogP contribution in [0.5, 0.6) is 0 Å². The summed E-state index contributed by atoms with van der Waals surface area (Å²) in [4.78, 5) is 33.8. The van der Waals surface area contributed by atoms with E-state index in [0.717, 1.165) is 59.3 Å². The third kappa shape index (κ3) is 3.07. The van der Waals surface area contributed by atoms with Crippen LogP contribution in [0.15, 0.2) is 30.7 Å². The molecule has 0 bridgehead atoms. The smallest absolute Gasteiger partial charge is 0.239 e. The van der Waals surface area contributed by atoms with Gasteiger partial charge in [-0.05, 0) is 74.3 Å². The first-order valence-corrected chi connectivity index (χ1v) is 14.0. The van der Waals surface area contributed by atoms with Crippen molar-refractivity contribution in [3.05, 3.63) is 41.9 Å². The third-order valence-corrected chi connectivity index (χ3v) is 10.0. The Labute approximate surface area is 189 Å². The number of benzene rings is 1. The van der Waals surface area contributed by atoms with Gasteiger partial charge in [0.1, 0.15) is 5.82 Å². The van der Waals surface area contributed by atoms with Crippen molar-refractivity contribution in [2.75, 3.05) is 34.2 Å². The fraction of sp³-hybridized carbons (Fsp3) is 0.458. The van der Waals surface area contributed by atoms with Crippen molar-refractivity contribution in [1.82, 2.24) is 19.9 Å². The molecule has 1 spiro atoms. The van der Waals surface area contributed by atoms with E-state index >= 15 is 0 Å². The highest BCUT2D eigenvalue weighted by Gasteiger charge is 2.61. The van der Waals surface area contributed by atoms with Crippen molar-refractivity contribution in [1.29, 1.82) is 0 Å². The molecule has 166 valence electrons. The molecule has 1 aliphatic carbocycles. The Morgan fingerprint density at radius 3 is 2.44 bits per heavy atom. The third-order valence-electron chi connectivity index (χ3n) is 7.32. The zero-order valence-corrected chi connectivity index (χ0v) is 19.6. The van der Waals surface area contributed by atoms with Crippen LogP contribution in [0.25, 0.3) is 11.0 Å². The van der Waals surface area contributed by atoms with E-state index < -0.39 is 10.0 Å². The number of nitrogens with zero attached hydrogens (tertiary/aromatic N) is 5. The molecule has 2 aromatic heterocycles. The van der Waals surface area contributed by atoms with Crippen LogP contribution in [0.4, 0.5) is 17.5 Å². The van der Waals surface area contributed by atoms with Gasteiger partial charge in [0, 0.05) is 35.9 Å². The van der Waals surface area contributed by atoms with Crippen molar-refractivity contribution in [2.24, 2.45) is 0 Å². The molecule has 4 heterocycles. The van der Waals surface area contributed by atoms with E-state index in [1.54, 1.807) is 12.4 Å². The van der Waals surface area contributed by atoms with Crippen molar-refractivity contribution < 1.29 is 4.79 Å². The van der Waals surface area contributed by atoms with Gasteiger partial charge >= 0.3 is 0 Å². The van der Waals surface area contributed by atoms with Crippen LogP contribution in [-0.4, -0.2) is 55.9 Å². The topological polar surface area (TPSA) is 83.9 Å². The molecule has 1 amide bonds.